The summed E-state index contributed by atoms with van der Waals surface area (Å²) in [7, 11) is 0. The zero-order valence-electron chi connectivity index (χ0n) is 19.1. The fraction of sp³-hybridized carbons (Fsp3) is 0.280. The van der Waals surface area contributed by atoms with Crippen LogP contribution in [0.4, 0.5) is 0 Å². The highest BCUT2D eigenvalue weighted by molar-refractivity contribution is 5.97. The number of hydrogen-bond acceptors (Lipinski definition) is 6. The average Bonchev–Trinajstić information content (AvgIpc) is 3.57. The number of carboxylic acid groups (broad SMARTS) is 1. The molecule has 0 spiro atoms. The third-order valence-electron chi connectivity index (χ3n) is 5.81. The number of nitrogens with zero attached hydrogens (tertiary/aromatic N) is 3. The molecule has 0 bridgehead atoms. The van der Waals surface area contributed by atoms with Gasteiger partial charge in [-0.3, -0.25) is 20.1 Å². The molecule has 1 unspecified atom stereocenters. The molecule has 0 aliphatic carbocycles. The lowest BCUT2D eigenvalue weighted by atomic mass is 10.0. The zero-order chi connectivity index (χ0) is 24.8. The Bertz CT molecular complexity index is 1170. The van der Waals surface area contributed by atoms with Gasteiger partial charge in [-0.2, -0.15) is 5.10 Å². The number of carboxylic acids is 1. The number of carbonyl (C=O) groups is 3. The van der Waals surface area contributed by atoms with Crippen molar-refractivity contribution in [2.45, 2.75) is 25.5 Å². The predicted molar refractivity (Wildman–Crippen MR) is 127 cm³/mol. The van der Waals surface area contributed by atoms with Gasteiger partial charge in [0.25, 0.3) is 11.8 Å². The molecular formula is C25H27N5O5. The van der Waals surface area contributed by atoms with Crippen LogP contribution in [0.1, 0.15) is 39.4 Å². The SMILES string of the molecule is O=C(NN(Cc1ccc(-c2ccccc2)cc1)CC(O)C(=O)O)c1cc(C(=O)N2CCCC2)[nH]n1. The minimum absolute atomic E-state index is 0.0122. The van der Waals surface area contributed by atoms with Gasteiger partial charge in [-0.15, -0.1) is 0 Å². The van der Waals surface area contributed by atoms with Crippen molar-refractivity contribution in [3.8, 4) is 11.1 Å². The Balaban J connectivity index is 1.45. The van der Waals surface area contributed by atoms with Crippen molar-refractivity contribution >= 4 is 17.8 Å². The van der Waals surface area contributed by atoms with Gasteiger partial charge in [0.05, 0.1) is 6.54 Å². The van der Waals surface area contributed by atoms with Gasteiger partial charge in [0.15, 0.2) is 11.8 Å². The Morgan fingerprint density at radius 1 is 1.03 bits per heavy atom. The first-order valence-corrected chi connectivity index (χ1v) is 11.4. The highest BCUT2D eigenvalue weighted by atomic mass is 16.4. The van der Waals surface area contributed by atoms with Crippen LogP contribution in [0.15, 0.2) is 60.7 Å². The van der Waals surface area contributed by atoms with Gasteiger partial charge in [-0.25, -0.2) is 9.80 Å². The number of hydrazine groups is 1. The number of nitrogens with one attached hydrogen (secondary N) is 2. The van der Waals surface area contributed by atoms with Crippen molar-refractivity contribution in [2.24, 2.45) is 0 Å². The molecule has 35 heavy (non-hydrogen) atoms. The van der Waals surface area contributed by atoms with Crippen molar-refractivity contribution in [2.75, 3.05) is 19.6 Å². The van der Waals surface area contributed by atoms with E-state index in [1.165, 1.54) is 11.1 Å². The summed E-state index contributed by atoms with van der Waals surface area (Å²) in [6.07, 6.45) is 0.186. The van der Waals surface area contributed by atoms with Crippen LogP contribution < -0.4 is 5.43 Å². The number of H-pyrrole nitrogens is 1. The highest BCUT2D eigenvalue weighted by Crippen LogP contribution is 2.20. The van der Waals surface area contributed by atoms with Crippen molar-refractivity contribution in [1.29, 1.82) is 0 Å². The summed E-state index contributed by atoms with van der Waals surface area (Å²) in [5.74, 6) is -2.24. The number of aromatic amines is 1. The third-order valence-corrected chi connectivity index (χ3v) is 5.81. The molecule has 2 aromatic carbocycles. The summed E-state index contributed by atoms with van der Waals surface area (Å²) in [6, 6.07) is 18.8. The van der Waals surface area contributed by atoms with E-state index in [0.29, 0.717) is 13.1 Å². The number of rotatable bonds is 9. The van der Waals surface area contributed by atoms with Gasteiger partial charge in [0, 0.05) is 25.7 Å². The van der Waals surface area contributed by atoms with Crippen LogP contribution in [-0.2, 0) is 11.3 Å². The first-order chi connectivity index (χ1) is 16.9. The first kappa shape index (κ1) is 24.1. The molecular weight excluding hydrogens is 450 g/mol. The summed E-state index contributed by atoms with van der Waals surface area (Å²) in [5.41, 5.74) is 5.68. The number of aliphatic hydroxyl groups is 1. The second-order valence-corrected chi connectivity index (χ2v) is 8.40. The molecule has 1 saturated heterocycles. The van der Waals surface area contributed by atoms with Crippen LogP contribution in [0.25, 0.3) is 11.1 Å². The highest BCUT2D eigenvalue weighted by Gasteiger charge is 2.24. The average molecular weight is 478 g/mol. The van der Waals surface area contributed by atoms with E-state index >= 15 is 0 Å². The number of amides is 2. The topological polar surface area (TPSA) is 139 Å². The van der Waals surface area contributed by atoms with E-state index in [1.807, 2.05) is 54.6 Å². The van der Waals surface area contributed by atoms with Crippen LogP contribution in [0.3, 0.4) is 0 Å². The lowest BCUT2D eigenvalue weighted by molar-refractivity contribution is -0.148. The van der Waals surface area contributed by atoms with Crippen LogP contribution >= 0.6 is 0 Å². The summed E-state index contributed by atoms with van der Waals surface area (Å²) in [6.45, 7) is 1.15. The molecule has 4 N–H and O–H groups in total. The van der Waals surface area contributed by atoms with Crippen LogP contribution in [-0.4, -0.2) is 73.8 Å². The minimum atomic E-state index is -1.70. The monoisotopic (exact) mass is 477 g/mol. The second-order valence-electron chi connectivity index (χ2n) is 8.40. The van der Waals surface area contributed by atoms with Crippen LogP contribution in [0.5, 0.6) is 0 Å². The van der Waals surface area contributed by atoms with E-state index in [4.69, 9.17) is 5.11 Å². The largest absolute Gasteiger partial charge is 0.479 e. The zero-order valence-corrected chi connectivity index (χ0v) is 19.1. The van der Waals surface area contributed by atoms with E-state index in [0.717, 1.165) is 29.5 Å². The Hall–Kier alpha value is -4.02. The first-order valence-electron chi connectivity index (χ1n) is 11.4. The molecule has 182 valence electrons. The normalized spacial score (nSPS) is 14.2. The minimum Gasteiger partial charge on any atom is -0.479 e. The smallest absolute Gasteiger partial charge is 0.333 e. The van der Waals surface area contributed by atoms with E-state index in [2.05, 4.69) is 15.6 Å². The summed E-state index contributed by atoms with van der Waals surface area (Å²) in [5, 5.41) is 26.9. The molecule has 1 aliphatic heterocycles. The van der Waals surface area contributed by atoms with E-state index in [9.17, 15) is 19.5 Å². The van der Waals surface area contributed by atoms with Gasteiger partial charge in [-0.05, 0) is 29.5 Å². The lowest BCUT2D eigenvalue weighted by Crippen LogP contribution is -2.47. The van der Waals surface area contributed by atoms with Crippen LogP contribution in [0, 0.1) is 0 Å². The molecule has 10 nitrogen and oxygen atoms in total. The molecule has 3 aromatic rings. The molecule has 10 heteroatoms. The quantitative estimate of drug-likeness (QED) is 0.345. The maximum atomic E-state index is 12.8. The molecule has 1 aliphatic rings. The molecule has 0 radical (unpaired) electrons. The van der Waals surface area contributed by atoms with Crippen molar-refractivity contribution < 1.29 is 24.6 Å². The number of benzene rings is 2. The van der Waals surface area contributed by atoms with Crippen molar-refractivity contribution in [3.63, 3.8) is 0 Å². The van der Waals surface area contributed by atoms with Gasteiger partial charge >= 0.3 is 5.97 Å². The molecule has 0 saturated carbocycles. The maximum absolute atomic E-state index is 12.8. The lowest BCUT2D eigenvalue weighted by Gasteiger charge is -2.24. The molecule has 2 heterocycles. The maximum Gasteiger partial charge on any atom is 0.333 e. The number of carbonyl (C=O) groups excluding carboxylic acids is 2. The number of likely N-dealkylation sites (tertiary alicyclic amines) is 1. The Kier molecular flexibility index (Phi) is 7.54. The molecule has 1 atom stereocenters. The van der Waals surface area contributed by atoms with Gasteiger partial charge in [-0.1, -0.05) is 54.6 Å². The Morgan fingerprint density at radius 3 is 2.34 bits per heavy atom. The van der Waals surface area contributed by atoms with Crippen molar-refractivity contribution in [1.82, 2.24) is 25.5 Å². The second kappa shape index (κ2) is 10.9. The predicted octanol–water partition coefficient (Wildman–Crippen LogP) is 1.91. The number of aliphatic carboxylic acids is 1. The van der Waals surface area contributed by atoms with Gasteiger partial charge in [0.1, 0.15) is 5.69 Å². The van der Waals surface area contributed by atoms with Gasteiger partial charge in [0.2, 0.25) is 0 Å². The molecule has 2 amide bonds. The van der Waals surface area contributed by atoms with E-state index < -0.39 is 18.0 Å². The number of aromatic nitrogens is 2. The molecule has 4 rings (SSSR count). The fourth-order valence-electron chi connectivity index (χ4n) is 3.93. The Labute approximate surface area is 202 Å². The molecule has 1 fully saturated rings. The fourth-order valence-corrected chi connectivity index (χ4v) is 3.93. The van der Waals surface area contributed by atoms with Gasteiger partial charge < -0.3 is 15.1 Å². The van der Waals surface area contributed by atoms with Crippen molar-refractivity contribution in [3.05, 3.63) is 77.6 Å². The number of aliphatic hydroxyl groups excluding tert-OH is 1. The van der Waals surface area contributed by atoms with Crippen LogP contribution in [0.2, 0.25) is 0 Å². The summed E-state index contributed by atoms with van der Waals surface area (Å²) >= 11 is 0. The molecule has 1 aromatic heterocycles. The number of hydrogen-bond donors (Lipinski definition) is 4. The third kappa shape index (κ3) is 6.11. The Morgan fingerprint density at radius 2 is 1.69 bits per heavy atom. The summed E-state index contributed by atoms with van der Waals surface area (Å²) in [4.78, 5) is 38.2. The van der Waals surface area contributed by atoms with E-state index in [-0.39, 0.29) is 30.4 Å². The van der Waals surface area contributed by atoms with E-state index in [1.54, 1.807) is 4.90 Å². The summed E-state index contributed by atoms with van der Waals surface area (Å²) < 4.78 is 0. The standard InChI is InChI=1S/C25H27N5O5/c31-22(25(34)35)16-30(15-17-8-10-19(11-9-17)18-6-2-1-3-7-18)28-23(32)20-14-21(27-26-20)24(33)29-12-4-5-13-29/h1-3,6-11,14,22,31H,4-5,12-13,15-16H2,(H,26,27)(H,28,32)(H,34,35).